The summed E-state index contributed by atoms with van der Waals surface area (Å²) in [5.74, 6) is 0.0733. The molecule has 2 atom stereocenters. The van der Waals surface area contributed by atoms with E-state index in [0.717, 1.165) is 25.1 Å². The van der Waals surface area contributed by atoms with Crippen LogP contribution in [0.4, 0.5) is 0 Å². The van der Waals surface area contributed by atoms with Crippen molar-refractivity contribution in [2.45, 2.75) is 44.2 Å². The van der Waals surface area contributed by atoms with E-state index in [1.165, 1.54) is 24.8 Å². The van der Waals surface area contributed by atoms with Gasteiger partial charge in [0.15, 0.2) is 5.72 Å². The highest BCUT2D eigenvalue weighted by atomic mass is 35.5. The molecule has 1 heterocycles. The molecule has 1 fully saturated rings. The topological polar surface area (TPSA) is 23.5 Å². The molecule has 0 bridgehead atoms. The third-order valence-electron chi connectivity index (χ3n) is 5.13. The molecule has 1 aliphatic rings. The molecule has 0 aliphatic carbocycles. The summed E-state index contributed by atoms with van der Waals surface area (Å²) in [4.78, 5) is 2.30. The lowest BCUT2D eigenvalue weighted by atomic mass is 9.80. The summed E-state index contributed by atoms with van der Waals surface area (Å²) in [6.07, 6.45) is 4.51. The minimum absolute atomic E-state index is 0. The summed E-state index contributed by atoms with van der Waals surface area (Å²) < 4.78 is 0. The van der Waals surface area contributed by atoms with Crippen LogP contribution in [-0.2, 0) is 5.72 Å². The fourth-order valence-electron chi connectivity index (χ4n) is 3.96. The lowest BCUT2D eigenvalue weighted by molar-refractivity contribution is -0.144. The molecular weight excluding hydrogens is 318 g/mol. The Morgan fingerprint density at radius 1 is 0.917 bits per heavy atom. The second-order valence-corrected chi connectivity index (χ2v) is 6.51. The zero-order valence-corrected chi connectivity index (χ0v) is 15.2. The van der Waals surface area contributed by atoms with E-state index in [0.29, 0.717) is 0 Å². The van der Waals surface area contributed by atoms with Crippen LogP contribution < -0.4 is 0 Å². The largest absolute Gasteiger partial charge is 0.371 e. The number of rotatable bonds is 5. The van der Waals surface area contributed by atoms with Crippen molar-refractivity contribution in [2.24, 2.45) is 0 Å². The Morgan fingerprint density at radius 2 is 1.46 bits per heavy atom. The second-order valence-electron chi connectivity index (χ2n) is 6.51. The van der Waals surface area contributed by atoms with Gasteiger partial charge >= 0.3 is 0 Å². The molecule has 24 heavy (non-hydrogen) atoms. The smallest absolute Gasteiger partial charge is 0.151 e. The number of nitrogens with zero attached hydrogens (tertiary/aromatic N) is 1. The Kier molecular flexibility index (Phi) is 6.85. The number of benzene rings is 2. The quantitative estimate of drug-likeness (QED) is 0.830. The maximum Gasteiger partial charge on any atom is 0.151 e. The Bertz CT molecular complexity index is 598. The van der Waals surface area contributed by atoms with E-state index >= 15 is 0 Å². The molecule has 0 saturated carbocycles. The summed E-state index contributed by atoms with van der Waals surface area (Å²) in [7, 11) is 0. The summed E-state index contributed by atoms with van der Waals surface area (Å²) in [6.45, 7) is 4.11. The van der Waals surface area contributed by atoms with Crippen molar-refractivity contribution in [3.63, 3.8) is 0 Å². The normalized spacial score (nSPS) is 19.1. The van der Waals surface area contributed by atoms with Crippen LogP contribution >= 0.6 is 12.4 Å². The fourth-order valence-corrected chi connectivity index (χ4v) is 3.96. The summed E-state index contributed by atoms with van der Waals surface area (Å²) in [5.41, 5.74) is 1.29. The molecule has 0 spiro atoms. The van der Waals surface area contributed by atoms with Gasteiger partial charge in [0, 0.05) is 19.0 Å². The standard InChI is InChI=1S/C21H27NO.ClH/c1-2-20(18-12-6-3-7-13-18)21(23,19-14-8-4-9-15-19)22-16-10-5-11-17-22;/h3-4,6-9,12-15,20,23H,2,5,10-11,16-17H2,1H3;1H. The van der Waals surface area contributed by atoms with Gasteiger partial charge in [-0.25, -0.2) is 0 Å². The molecule has 130 valence electrons. The molecule has 2 unspecified atom stereocenters. The van der Waals surface area contributed by atoms with Crippen molar-refractivity contribution in [3.8, 4) is 0 Å². The van der Waals surface area contributed by atoms with Gasteiger partial charge in [0.2, 0.25) is 0 Å². The molecule has 0 aromatic heterocycles. The van der Waals surface area contributed by atoms with Gasteiger partial charge in [-0.15, -0.1) is 12.4 Å². The van der Waals surface area contributed by atoms with E-state index in [-0.39, 0.29) is 18.3 Å². The van der Waals surface area contributed by atoms with Gasteiger partial charge in [0.25, 0.3) is 0 Å². The highest BCUT2D eigenvalue weighted by Crippen LogP contribution is 2.43. The number of hydrogen-bond donors (Lipinski definition) is 1. The SMILES string of the molecule is CCC(c1ccccc1)C(O)(c1ccccc1)N1CCCCC1.Cl. The molecule has 3 heteroatoms. The van der Waals surface area contributed by atoms with Crippen LogP contribution in [0.1, 0.15) is 49.7 Å². The predicted octanol–water partition coefficient (Wildman–Crippen LogP) is 4.93. The van der Waals surface area contributed by atoms with Crippen molar-refractivity contribution in [3.05, 3.63) is 71.8 Å². The maximum atomic E-state index is 11.9. The number of hydrogen-bond acceptors (Lipinski definition) is 2. The van der Waals surface area contributed by atoms with E-state index < -0.39 is 5.72 Å². The lowest BCUT2D eigenvalue weighted by Crippen LogP contribution is -2.52. The number of piperidine rings is 1. The molecule has 0 radical (unpaired) electrons. The molecule has 1 N–H and O–H groups in total. The zero-order valence-electron chi connectivity index (χ0n) is 14.4. The third kappa shape index (κ3) is 3.66. The first-order chi connectivity index (χ1) is 11.3. The highest BCUT2D eigenvalue weighted by Gasteiger charge is 2.43. The first-order valence-electron chi connectivity index (χ1n) is 8.84. The van der Waals surface area contributed by atoms with Gasteiger partial charge in [-0.2, -0.15) is 0 Å². The predicted molar refractivity (Wildman–Crippen MR) is 102 cm³/mol. The van der Waals surface area contributed by atoms with Crippen molar-refractivity contribution in [1.29, 1.82) is 0 Å². The molecule has 0 amide bonds. The molecule has 1 aliphatic heterocycles. The molecule has 2 nitrogen and oxygen atoms in total. The van der Waals surface area contributed by atoms with E-state index in [1.807, 2.05) is 24.3 Å². The Balaban J connectivity index is 0.00000208. The first-order valence-corrected chi connectivity index (χ1v) is 8.84. The highest BCUT2D eigenvalue weighted by molar-refractivity contribution is 5.85. The average molecular weight is 346 g/mol. The Hall–Kier alpha value is -1.35. The monoisotopic (exact) mass is 345 g/mol. The van der Waals surface area contributed by atoms with Crippen LogP contribution in [0.3, 0.4) is 0 Å². The van der Waals surface area contributed by atoms with Crippen LogP contribution in [-0.4, -0.2) is 23.1 Å². The number of aliphatic hydroxyl groups is 1. The van der Waals surface area contributed by atoms with Crippen LogP contribution in [0.2, 0.25) is 0 Å². The molecule has 1 saturated heterocycles. The van der Waals surface area contributed by atoms with Crippen molar-refractivity contribution < 1.29 is 5.11 Å². The molecular formula is C21H28ClNO. The summed E-state index contributed by atoms with van der Waals surface area (Å²) in [6, 6.07) is 20.7. The summed E-state index contributed by atoms with van der Waals surface area (Å²) in [5, 5.41) is 11.9. The first kappa shape index (κ1) is 19.0. The molecule has 2 aromatic carbocycles. The number of halogens is 1. The Labute approximate surface area is 151 Å². The second kappa shape index (κ2) is 8.66. The van der Waals surface area contributed by atoms with Crippen molar-refractivity contribution >= 4 is 12.4 Å². The van der Waals surface area contributed by atoms with E-state index in [1.54, 1.807) is 0 Å². The van der Waals surface area contributed by atoms with Gasteiger partial charge in [-0.3, -0.25) is 4.90 Å². The summed E-state index contributed by atoms with van der Waals surface area (Å²) >= 11 is 0. The van der Waals surface area contributed by atoms with E-state index in [9.17, 15) is 5.11 Å². The van der Waals surface area contributed by atoms with Crippen LogP contribution in [0.5, 0.6) is 0 Å². The lowest BCUT2D eigenvalue weighted by Gasteiger charge is -2.47. The van der Waals surface area contributed by atoms with Gasteiger partial charge in [-0.05, 0) is 30.4 Å². The zero-order chi connectivity index (χ0) is 16.1. The number of likely N-dealkylation sites (tertiary alicyclic amines) is 1. The van der Waals surface area contributed by atoms with E-state index in [2.05, 4.69) is 48.2 Å². The van der Waals surface area contributed by atoms with Crippen molar-refractivity contribution in [2.75, 3.05) is 13.1 Å². The average Bonchev–Trinajstić information content (AvgIpc) is 2.64. The van der Waals surface area contributed by atoms with Crippen LogP contribution in [0, 0.1) is 0 Å². The minimum Gasteiger partial charge on any atom is -0.371 e. The fraction of sp³-hybridized carbons (Fsp3) is 0.429. The molecule has 3 rings (SSSR count). The minimum atomic E-state index is -0.933. The Morgan fingerprint density at radius 3 is 2.00 bits per heavy atom. The van der Waals surface area contributed by atoms with E-state index in [4.69, 9.17) is 0 Å². The van der Waals surface area contributed by atoms with Crippen molar-refractivity contribution in [1.82, 2.24) is 4.90 Å². The van der Waals surface area contributed by atoms with Crippen LogP contribution in [0.15, 0.2) is 60.7 Å². The molecule has 2 aromatic rings. The van der Waals surface area contributed by atoms with Gasteiger partial charge in [0.1, 0.15) is 0 Å². The maximum absolute atomic E-state index is 11.9. The van der Waals surface area contributed by atoms with Crippen LogP contribution in [0.25, 0.3) is 0 Å². The van der Waals surface area contributed by atoms with Gasteiger partial charge in [-0.1, -0.05) is 74.0 Å². The van der Waals surface area contributed by atoms with Gasteiger partial charge in [0.05, 0.1) is 0 Å². The third-order valence-corrected chi connectivity index (χ3v) is 5.13. The van der Waals surface area contributed by atoms with Gasteiger partial charge < -0.3 is 5.11 Å².